The minimum Gasteiger partial charge on any atom is -0.463 e. The molecular formula is C20H16O6. The van der Waals surface area contributed by atoms with Gasteiger partial charge in [-0.05, 0) is 11.6 Å². The summed E-state index contributed by atoms with van der Waals surface area (Å²) in [4.78, 5) is 35.9. The highest BCUT2D eigenvalue weighted by molar-refractivity contribution is 5.85. The van der Waals surface area contributed by atoms with Crippen molar-refractivity contribution in [1.29, 1.82) is 0 Å². The van der Waals surface area contributed by atoms with E-state index in [0.29, 0.717) is 16.7 Å². The smallest absolute Gasteiger partial charge is 0.305 e. The third-order valence-electron chi connectivity index (χ3n) is 3.72. The number of hydrogen-bond donors (Lipinski definition) is 0. The summed E-state index contributed by atoms with van der Waals surface area (Å²) in [6, 6.07) is 13.8. The van der Waals surface area contributed by atoms with Gasteiger partial charge in [0, 0.05) is 19.4 Å². The SMILES string of the molecule is CC(=O)OC(OC(C)=O)c1cccc2occ(-c3ccccc3)c(=O)c12. The Labute approximate surface area is 149 Å². The third-order valence-corrected chi connectivity index (χ3v) is 3.72. The number of ether oxygens (including phenoxy) is 2. The minimum atomic E-state index is -1.33. The van der Waals surface area contributed by atoms with Gasteiger partial charge in [-0.2, -0.15) is 0 Å². The Hall–Kier alpha value is -3.41. The first kappa shape index (κ1) is 17.4. The Morgan fingerprint density at radius 3 is 2.19 bits per heavy atom. The number of rotatable bonds is 4. The topological polar surface area (TPSA) is 82.8 Å². The fraction of sp³-hybridized carbons (Fsp3) is 0.150. The van der Waals surface area contributed by atoms with E-state index in [4.69, 9.17) is 13.9 Å². The van der Waals surface area contributed by atoms with Gasteiger partial charge in [0.25, 0.3) is 6.29 Å². The molecule has 0 aliphatic rings. The van der Waals surface area contributed by atoms with Gasteiger partial charge < -0.3 is 13.9 Å². The van der Waals surface area contributed by atoms with Crippen molar-refractivity contribution in [3.8, 4) is 11.1 Å². The van der Waals surface area contributed by atoms with Crippen LogP contribution in [0.4, 0.5) is 0 Å². The normalized spacial score (nSPS) is 10.7. The number of esters is 2. The van der Waals surface area contributed by atoms with Crippen LogP contribution in [0.1, 0.15) is 25.7 Å². The molecule has 6 nitrogen and oxygen atoms in total. The maximum Gasteiger partial charge on any atom is 0.305 e. The maximum absolute atomic E-state index is 13.1. The molecule has 2 aromatic carbocycles. The monoisotopic (exact) mass is 352 g/mol. The van der Waals surface area contributed by atoms with Gasteiger partial charge in [0.2, 0.25) is 5.43 Å². The highest BCUT2D eigenvalue weighted by Crippen LogP contribution is 2.28. The number of carbonyl (C=O) groups excluding carboxylic acids is 2. The molecule has 0 N–H and O–H groups in total. The van der Waals surface area contributed by atoms with Crippen molar-refractivity contribution in [3.05, 3.63) is 70.6 Å². The molecule has 3 aromatic rings. The van der Waals surface area contributed by atoms with E-state index in [9.17, 15) is 14.4 Å². The summed E-state index contributed by atoms with van der Waals surface area (Å²) in [6.45, 7) is 2.39. The number of fused-ring (bicyclic) bond motifs is 1. The quantitative estimate of drug-likeness (QED) is 0.527. The van der Waals surface area contributed by atoms with Gasteiger partial charge in [0.05, 0.1) is 10.9 Å². The van der Waals surface area contributed by atoms with Crippen LogP contribution in [0, 0.1) is 0 Å². The van der Waals surface area contributed by atoms with Crippen LogP contribution in [-0.2, 0) is 19.1 Å². The summed E-state index contributed by atoms with van der Waals surface area (Å²) in [5.74, 6) is -1.28. The van der Waals surface area contributed by atoms with E-state index < -0.39 is 18.2 Å². The molecule has 0 saturated heterocycles. The molecule has 0 aliphatic heterocycles. The summed E-state index contributed by atoms with van der Waals surface area (Å²) in [6.07, 6.45) is 0.0545. The van der Waals surface area contributed by atoms with Gasteiger partial charge in [0.15, 0.2) is 0 Å². The summed E-state index contributed by atoms with van der Waals surface area (Å²) >= 11 is 0. The van der Waals surface area contributed by atoms with Crippen LogP contribution in [0.3, 0.4) is 0 Å². The highest BCUT2D eigenvalue weighted by Gasteiger charge is 2.23. The van der Waals surface area contributed by atoms with Crippen LogP contribution in [0.5, 0.6) is 0 Å². The Morgan fingerprint density at radius 2 is 1.58 bits per heavy atom. The van der Waals surface area contributed by atoms with E-state index in [0.717, 1.165) is 0 Å². The molecular weight excluding hydrogens is 336 g/mol. The van der Waals surface area contributed by atoms with Crippen molar-refractivity contribution < 1.29 is 23.5 Å². The van der Waals surface area contributed by atoms with Crippen LogP contribution in [0.2, 0.25) is 0 Å². The molecule has 0 atom stereocenters. The molecule has 1 aromatic heterocycles. The van der Waals surface area contributed by atoms with Crippen molar-refractivity contribution in [2.75, 3.05) is 0 Å². The average molecular weight is 352 g/mol. The Bertz CT molecular complexity index is 1000. The van der Waals surface area contributed by atoms with E-state index in [2.05, 4.69) is 0 Å². The molecule has 0 bridgehead atoms. The zero-order chi connectivity index (χ0) is 18.7. The zero-order valence-electron chi connectivity index (χ0n) is 14.2. The lowest BCUT2D eigenvalue weighted by Gasteiger charge is -2.18. The van der Waals surface area contributed by atoms with Gasteiger partial charge in [-0.25, -0.2) is 0 Å². The third kappa shape index (κ3) is 3.49. The first-order chi connectivity index (χ1) is 12.5. The molecule has 0 unspecified atom stereocenters. The Balaban J connectivity index is 2.24. The second-order valence-electron chi connectivity index (χ2n) is 5.62. The summed E-state index contributed by atoms with van der Waals surface area (Å²) in [5.41, 5.74) is 1.29. The standard InChI is InChI=1S/C20H16O6/c1-12(21)25-20(26-13(2)22)15-9-6-10-17-18(15)19(23)16(11-24-17)14-7-4-3-5-8-14/h3-11,20H,1-2H3. The molecule has 3 rings (SSSR count). The lowest BCUT2D eigenvalue weighted by Crippen LogP contribution is -2.18. The average Bonchev–Trinajstić information content (AvgIpc) is 2.61. The lowest BCUT2D eigenvalue weighted by atomic mass is 10.0. The molecule has 1 heterocycles. The molecule has 0 radical (unpaired) electrons. The van der Waals surface area contributed by atoms with E-state index >= 15 is 0 Å². The van der Waals surface area contributed by atoms with E-state index in [-0.39, 0.29) is 16.4 Å². The van der Waals surface area contributed by atoms with Crippen LogP contribution >= 0.6 is 0 Å². The molecule has 132 valence electrons. The zero-order valence-corrected chi connectivity index (χ0v) is 14.2. The van der Waals surface area contributed by atoms with Gasteiger partial charge >= 0.3 is 11.9 Å². The summed E-state index contributed by atoms with van der Waals surface area (Å²) in [5, 5.41) is 0.196. The lowest BCUT2D eigenvalue weighted by molar-refractivity contribution is -0.186. The Kier molecular flexibility index (Phi) is 4.84. The maximum atomic E-state index is 13.1. The number of hydrogen-bond acceptors (Lipinski definition) is 6. The van der Waals surface area contributed by atoms with Crippen LogP contribution in [-0.4, -0.2) is 11.9 Å². The van der Waals surface area contributed by atoms with E-state index in [1.54, 1.807) is 30.3 Å². The van der Waals surface area contributed by atoms with Gasteiger partial charge in [-0.15, -0.1) is 0 Å². The minimum absolute atomic E-state index is 0.196. The van der Waals surface area contributed by atoms with Crippen molar-refractivity contribution in [3.63, 3.8) is 0 Å². The fourth-order valence-corrected chi connectivity index (χ4v) is 2.67. The largest absolute Gasteiger partial charge is 0.463 e. The van der Waals surface area contributed by atoms with Crippen molar-refractivity contribution in [2.45, 2.75) is 20.1 Å². The first-order valence-corrected chi connectivity index (χ1v) is 7.91. The molecule has 26 heavy (non-hydrogen) atoms. The van der Waals surface area contributed by atoms with Gasteiger partial charge in [-0.3, -0.25) is 14.4 Å². The second-order valence-corrected chi connectivity index (χ2v) is 5.62. The molecule has 0 fully saturated rings. The molecule has 0 spiro atoms. The fourth-order valence-electron chi connectivity index (χ4n) is 2.67. The highest BCUT2D eigenvalue weighted by atomic mass is 16.7. The van der Waals surface area contributed by atoms with Crippen molar-refractivity contribution in [2.24, 2.45) is 0 Å². The van der Waals surface area contributed by atoms with Crippen molar-refractivity contribution in [1.82, 2.24) is 0 Å². The predicted octanol–water partition coefficient (Wildman–Crippen LogP) is 3.58. The Morgan fingerprint density at radius 1 is 0.923 bits per heavy atom. The molecule has 0 saturated carbocycles. The molecule has 6 heteroatoms. The first-order valence-electron chi connectivity index (χ1n) is 7.91. The molecule has 0 amide bonds. The van der Waals surface area contributed by atoms with E-state index in [1.165, 1.54) is 20.1 Å². The van der Waals surface area contributed by atoms with Gasteiger partial charge in [0.1, 0.15) is 11.8 Å². The predicted molar refractivity (Wildman–Crippen MR) is 94.2 cm³/mol. The van der Waals surface area contributed by atoms with Gasteiger partial charge in [-0.1, -0.05) is 42.5 Å². The summed E-state index contributed by atoms with van der Waals surface area (Å²) < 4.78 is 15.8. The number of carbonyl (C=O) groups is 2. The van der Waals surface area contributed by atoms with Crippen LogP contribution < -0.4 is 5.43 Å². The van der Waals surface area contributed by atoms with Crippen LogP contribution in [0.25, 0.3) is 22.1 Å². The van der Waals surface area contributed by atoms with Crippen molar-refractivity contribution >= 4 is 22.9 Å². The second kappa shape index (κ2) is 7.23. The number of benzene rings is 2. The molecule has 0 aliphatic carbocycles. The summed E-state index contributed by atoms with van der Waals surface area (Å²) in [7, 11) is 0. The van der Waals surface area contributed by atoms with E-state index in [1.807, 2.05) is 18.2 Å². The van der Waals surface area contributed by atoms with Crippen LogP contribution in [0.15, 0.2) is 64.0 Å².